The van der Waals surface area contributed by atoms with E-state index in [0.717, 1.165) is 22.6 Å². The Morgan fingerprint density at radius 2 is 1.54 bits per heavy atom. The Bertz CT molecular complexity index is 818. The van der Waals surface area contributed by atoms with Gasteiger partial charge in [-0.05, 0) is 42.5 Å². The number of benzene rings is 2. The van der Waals surface area contributed by atoms with Crippen LogP contribution in [0.3, 0.4) is 0 Å². The Morgan fingerprint density at radius 1 is 0.958 bits per heavy atom. The highest BCUT2D eigenvalue weighted by Crippen LogP contribution is 2.39. The zero-order valence-corrected chi connectivity index (χ0v) is 14.3. The maximum Gasteiger partial charge on any atom is 0.260 e. The Labute approximate surface area is 142 Å². The van der Waals surface area contributed by atoms with Crippen molar-refractivity contribution < 1.29 is 4.79 Å². The first-order chi connectivity index (χ1) is 11.4. The van der Waals surface area contributed by atoms with Crippen molar-refractivity contribution in [3.63, 3.8) is 0 Å². The number of fused-ring (bicyclic) bond motifs is 1. The predicted molar refractivity (Wildman–Crippen MR) is 96.7 cm³/mol. The molecule has 24 heavy (non-hydrogen) atoms. The van der Waals surface area contributed by atoms with Gasteiger partial charge in [0.2, 0.25) is 0 Å². The van der Waals surface area contributed by atoms with E-state index in [0.29, 0.717) is 5.56 Å². The zero-order chi connectivity index (χ0) is 17.4. The molecule has 5 heteroatoms. The van der Waals surface area contributed by atoms with Crippen LogP contribution >= 0.6 is 0 Å². The number of rotatable bonds is 3. The van der Waals surface area contributed by atoms with E-state index in [1.807, 2.05) is 80.5 Å². The van der Waals surface area contributed by atoms with Gasteiger partial charge in [0.1, 0.15) is 0 Å². The summed E-state index contributed by atoms with van der Waals surface area (Å²) in [4.78, 5) is 18.4. The first kappa shape index (κ1) is 15.9. The standard InChI is InChI=1S/C19H20N4O/c1-21(2)13-5-7-14(8-6-13)23-18(12-20)17-11-15(22(3)4)9-10-16(17)19(23)24/h5-11,18H,1-4H3. The fourth-order valence-corrected chi connectivity index (χ4v) is 2.94. The number of nitrogens with zero attached hydrogens (tertiary/aromatic N) is 4. The molecule has 3 rings (SSSR count). The minimum Gasteiger partial charge on any atom is -0.378 e. The van der Waals surface area contributed by atoms with Gasteiger partial charge in [-0.3, -0.25) is 9.69 Å². The number of amides is 1. The third kappa shape index (κ3) is 2.46. The molecule has 0 spiro atoms. The zero-order valence-electron chi connectivity index (χ0n) is 14.3. The number of carbonyl (C=O) groups excluding carboxylic acids is 1. The molecule has 1 heterocycles. The van der Waals surface area contributed by atoms with Crippen molar-refractivity contribution in [2.75, 3.05) is 42.9 Å². The van der Waals surface area contributed by atoms with Crippen molar-refractivity contribution >= 4 is 23.0 Å². The average molecular weight is 320 g/mol. The molecule has 1 aliphatic rings. The molecule has 0 N–H and O–H groups in total. The van der Waals surface area contributed by atoms with Crippen LogP contribution < -0.4 is 14.7 Å². The van der Waals surface area contributed by atoms with Gasteiger partial charge in [-0.25, -0.2) is 0 Å². The van der Waals surface area contributed by atoms with Crippen LogP contribution in [-0.2, 0) is 0 Å². The second-order valence-corrected chi connectivity index (χ2v) is 6.28. The van der Waals surface area contributed by atoms with Gasteiger partial charge in [0, 0.05) is 56.4 Å². The van der Waals surface area contributed by atoms with Crippen molar-refractivity contribution in [3.05, 3.63) is 53.6 Å². The molecule has 0 aromatic heterocycles. The molecule has 0 fully saturated rings. The average Bonchev–Trinajstić information content (AvgIpc) is 2.86. The Morgan fingerprint density at radius 3 is 2.08 bits per heavy atom. The van der Waals surface area contributed by atoms with E-state index in [-0.39, 0.29) is 5.91 Å². The first-order valence-electron chi connectivity index (χ1n) is 7.76. The van der Waals surface area contributed by atoms with Gasteiger partial charge in [-0.2, -0.15) is 5.26 Å². The van der Waals surface area contributed by atoms with E-state index < -0.39 is 6.04 Å². The van der Waals surface area contributed by atoms with Crippen molar-refractivity contribution in [1.82, 2.24) is 0 Å². The van der Waals surface area contributed by atoms with Gasteiger partial charge < -0.3 is 9.80 Å². The van der Waals surface area contributed by atoms with Crippen LogP contribution in [0, 0.1) is 11.3 Å². The second kappa shape index (κ2) is 5.89. The monoisotopic (exact) mass is 320 g/mol. The van der Waals surface area contributed by atoms with Crippen LogP contribution in [0.2, 0.25) is 0 Å². The largest absolute Gasteiger partial charge is 0.378 e. The molecule has 1 atom stereocenters. The number of hydrogen-bond acceptors (Lipinski definition) is 4. The predicted octanol–water partition coefficient (Wildman–Crippen LogP) is 3.04. The highest BCUT2D eigenvalue weighted by atomic mass is 16.2. The van der Waals surface area contributed by atoms with Crippen LogP contribution in [0.25, 0.3) is 0 Å². The van der Waals surface area contributed by atoms with E-state index in [2.05, 4.69) is 6.07 Å². The molecule has 122 valence electrons. The Hall–Kier alpha value is -3.00. The summed E-state index contributed by atoms with van der Waals surface area (Å²) in [5, 5.41) is 9.67. The van der Waals surface area contributed by atoms with Gasteiger partial charge in [-0.1, -0.05) is 0 Å². The number of anilines is 3. The normalized spacial score (nSPS) is 15.9. The summed E-state index contributed by atoms with van der Waals surface area (Å²) in [5.41, 5.74) is 4.13. The molecule has 0 radical (unpaired) electrons. The van der Waals surface area contributed by atoms with Crippen LogP contribution in [0.15, 0.2) is 42.5 Å². The molecule has 2 aromatic rings. The summed E-state index contributed by atoms with van der Waals surface area (Å²) in [5.74, 6) is -0.126. The fraction of sp³-hybridized carbons (Fsp3) is 0.263. The van der Waals surface area contributed by atoms with E-state index in [9.17, 15) is 10.1 Å². The van der Waals surface area contributed by atoms with Crippen molar-refractivity contribution in [3.8, 4) is 6.07 Å². The lowest BCUT2D eigenvalue weighted by molar-refractivity contribution is 0.0994. The van der Waals surface area contributed by atoms with Crippen molar-refractivity contribution in [1.29, 1.82) is 5.26 Å². The summed E-state index contributed by atoms with van der Waals surface area (Å²) in [7, 11) is 7.81. The maximum atomic E-state index is 12.8. The molecule has 2 aromatic carbocycles. The summed E-state index contributed by atoms with van der Waals surface area (Å²) < 4.78 is 0. The second-order valence-electron chi connectivity index (χ2n) is 6.28. The van der Waals surface area contributed by atoms with E-state index in [1.165, 1.54) is 0 Å². The number of nitriles is 1. The van der Waals surface area contributed by atoms with Crippen LogP contribution in [0.4, 0.5) is 17.1 Å². The molecule has 0 aliphatic carbocycles. The van der Waals surface area contributed by atoms with Gasteiger partial charge in [0.15, 0.2) is 6.04 Å². The number of carbonyl (C=O) groups is 1. The van der Waals surface area contributed by atoms with Crippen LogP contribution in [0.1, 0.15) is 22.0 Å². The van der Waals surface area contributed by atoms with Crippen LogP contribution in [-0.4, -0.2) is 34.1 Å². The summed E-state index contributed by atoms with van der Waals surface area (Å²) in [6.45, 7) is 0. The molecular weight excluding hydrogens is 300 g/mol. The van der Waals surface area contributed by atoms with Crippen LogP contribution in [0.5, 0.6) is 0 Å². The molecule has 0 saturated heterocycles. The minimum absolute atomic E-state index is 0.126. The van der Waals surface area contributed by atoms with E-state index in [1.54, 1.807) is 4.90 Å². The SMILES string of the molecule is CN(C)c1ccc(N2C(=O)c3ccc(N(C)C)cc3C2C#N)cc1. The fourth-order valence-electron chi connectivity index (χ4n) is 2.94. The quantitative estimate of drug-likeness (QED) is 0.872. The van der Waals surface area contributed by atoms with Gasteiger partial charge >= 0.3 is 0 Å². The van der Waals surface area contributed by atoms with Gasteiger partial charge in [0.25, 0.3) is 5.91 Å². The summed E-state index contributed by atoms with van der Waals surface area (Å²) in [6, 6.07) is 15.0. The Kier molecular flexibility index (Phi) is 3.90. The molecule has 5 nitrogen and oxygen atoms in total. The third-order valence-corrected chi connectivity index (χ3v) is 4.32. The highest BCUT2D eigenvalue weighted by Gasteiger charge is 2.38. The maximum absolute atomic E-state index is 12.8. The van der Waals surface area contributed by atoms with Gasteiger partial charge in [0.05, 0.1) is 6.07 Å². The van der Waals surface area contributed by atoms with Crippen molar-refractivity contribution in [2.24, 2.45) is 0 Å². The Balaban J connectivity index is 2.04. The smallest absolute Gasteiger partial charge is 0.260 e. The molecule has 0 bridgehead atoms. The topological polar surface area (TPSA) is 50.6 Å². The van der Waals surface area contributed by atoms with E-state index in [4.69, 9.17) is 0 Å². The van der Waals surface area contributed by atoms with Gasteiger partial charge in [-0.15, -0.1) is 0 Å². The highest BCUT2D eigenvalue weighted by molar-refractivity contribution is 6.12. The lowest BCUT2D eigenvalue weighted by Crippen LogP contribution is -2.26. The number of hydrogen-bond donors (Lipinski definition) is 0. The summed E-state index contributed by atoms with van der Waals surface area (Å²) >= 11 is 0. The lowest BCUT2D eigenvalue weighted by Gasteiger charge is -2.21. The third-order valence-electron chi connectivity index (χ3n) is 4.32. The lowest BCUT2D eigenvalue weighted by atomic mass is 10.0. The molecular formula is C19H20N4O. The minimum atomic E-state index is -0.599. The van der Waals surface area contributed by atoms with E-state index >= 15 is 0 Å². The molecule has 1 amide bonds. The molecule has 1 aliphatic heterocycles. The molecule has 1 unspecified atom stereocenters. The first-order valence-corrected chi connectivity index (χ1v) is 7.76. The molecule has 0 saturated carbocycles. The van der Waals surface area contributed by atoms with Crippen molar-refractivity contribution in [2.45, 2.75) is 6.04 Å². The summed E-state index contributed by atoms with van der Waals surface area (Å²) in [6.07, 6.45) is 0.